The van der Waals surface area contributed by atoms with E-state index in [9.17, 15) is 19.0 Å². The third-order valence-corrected chi connectivity index (χ3v) is 15.8. The van der Waals surface area contributed by atoms with Gasteiger partial charge in [-0.15, -0.1) is 0 Å². The number of phosphoric acid groups is 1. The van der Waals surface area contributed by atoms with Gasteiger partial charge in [-0.3, -0.25) is 14.2 Å². The molecule has 0 amide bonds. The summed E-state index contributed by atoms with van der Waals surface area (Å²) in [5.74, 6) is -0.871. The highest BCUT2D eigenvalue weighted by molar-refractivity contribution is 7.45. The molecule has 2 atom stereocenters. The summed E-state index contributed by atoms with van der Waals surface area (Å²) in [6.07, 6.45) is 113. The van der Waals surface area contributed by atoms with E-state index in [0.29, 0.717) is 23.9 Å². The summed E-state index contributed by atoms with van der Waals surface area (Å²) >= 11 is 0. The number of carbonyl (C=O) groups is 2. The highest BCUT2D eigenvalue weighted by Gasteiger charge is 2.22. The molecule has 528 valence electrons. The zero-order chi connectivity index (χ0) is 68.3. The number of carbonyl (C=O) groups excluding carboxylic acids is 2. The van der Waals surface area contributed by atoms with Crippen molar-refractivity contribution in [2.24, 2.45) is 0 Å². The summed E-state index contributed by atoms with van der Waals surface area (Å²) in [7, 11) is 1.12. The maximum absolute atomic E-state index is 12.9. The number of quaternary nitrogens is 1. The summed E-state index contributed by atoms with van der Waals surface area (Å²) in [5.41, 5.74) is 0. The lowest BCUT2D eigenvalue weighted by Gasteiger charge is -2.28. The number of phosphoric ester groups is 1. The van der Waals surface area contributed by atoms with E-state index in [1.165, 1.54) is 51.4 Å². The average Bonchev–Trinajstić information content (AvgIpc) is 1.56. The number of nitrogens with zero attached hydrogens (tertiary/aromatic N) is 1. The van der Waals surface area contributed by atoms with Gasteiger partial charge in [-0.2, -0.15) is 0 Å². The fourth-order valence-electron chi connectivity index (χ4n) is 9.25. The molecule has 10 heteroatoms. The fraction of sp³-hybridized carbons (Fsp3) is 0.571. The van der Waals surface area contributed by atoms with E-state index >= 15 is 0 Å². The Bertz CT molecular complexity index is 2340. The molecule has 0 N–H and O–H groups in total. The second kappa shape index (κ2) is 71.9. The van der Waals surface area contributed by atoms with Crippen molar-refractivity contribution in [2.45, 2.75) is 264 Å². The Morgan fingerprint density at radius 3 is 0.851 bits per heavy atom. The van der Waals surface area contributed by atoms with Crippen LogP contribution in [-0.4, -0.2) is 70.0 Å². The van der Waals surface area contributed by atoms with Crippen LogP contribution in [0.1, 0.15) is 258 Å². The van der Waals surface area contributed by atoms with Gasteiger partial charge >= 0.3 is 11.9 Å². The Balaban J connectivity index is 4.15. The molecule has 0 saturated heterocycles. The molecule has 0 bridgehead atoms. The molecule has 0 aliphatic carbocycles. The molecule has 0 fully saturated rings. The van der Waals surface area contributed by atoms with E-state index in [-0.39, 0.29) is 26.1 Å². The monoisotopic (exact) mass is 1320 g/mol. The van der Waals surface area contributed by atoms with E-state index in [2.05, 4.69) is 220 Å². The van der Waals surface area contributed by atoms with Crippen molar-refractivity contribution in [1.82, 2.24) is 0 Å². The molecule has 0 aromatic rings. The first kappa shape index (κ1) is 88.6. The Morgan fingerprint density at radius 2 is 0.574 bits per heavy atom. The number of likely N-dealkylation sites (N-methyl/N-ethyl adjacent to an activating group) is 1. The molecule has 0 aliphatic rings. The Morgan fingerprint density at radius 1 is 0.330 bits per heavy atom. The number of allylic oxidation sites excluding steroid dienone is 34. The maximum atomic E-state index is 12.9. The Kier molecular flexibility index (Phi) is 67.7. The minimum atomic E-state index is -4.67. The fourth-order valence-corrected chi connectivity index (χ4v) is 9.98. The van der Waals surface area contributed by atoms with Crippen molar-refractivity contribution >= 4 is 19.8 Å². The third-order valence-electron chi connectivity index (χ3n) is 14.8. The molecule has 0 aromatic carbocycles. The van der Waals surface area contributed by atoms with Gasteiger partial charge in [0.1, 0.15) is 19.8 Å². The zero-order valence-electron chi connectivity index (χ0n) is 60.1. The van der Waals surface area contributed by atoms with Crippen molar-refractivity contribution < 1.29 is 42.1 Å². The van der Waals surface area contributed by atoms with Crippen LogP contribution in [0.5, 0.6) is 0 Å². The van der Waals surface area contributed by atoms with Gasteiger partial charge in [-0.05, 0) is 148 Å². The van der Waals surface area contributed by atoms with E-state index < -0.39 is 32.5 Å². The molecule has 0 radical (unpaired) electrons. The number of rotatable bonds is 65. The first-order valence-corrected chi connectivity index (χ1v) is 38.3. The smallest absolute Gasteiger partial charge is 0.306 e. The topological polar surface area (TPSA) is 111 Å². The Labute approximate surface area is 576 Å². The standard InChI is InChI=1S/C84H134NO8P/c1-6-8-10-12-14-16-18-20-22-24-26-28-30-32-34-36-38-40-41-42-43-45-46-48-50-52-54-56-58-60-62-64-66-68-70-72-74-76-83(86)90-80-82(81-92-94(88,89)91-79-78-85(3,4)5)93-84(87)77-75-73-71-69-67-65-63-61-59-57-55-53-51-49-47-44-39-37-35-33-31-29-27-25-23-21-19-17-15-13-11-9-7-2/h8-11,14-17,20-23,26-29,32-35,38-40,42-44,46,48-49,51,55,57,61,63,82H,6-7,12-13,18-19,24-25,30-31,36-37,41,45,47,50,52-54,56,58-60,62,64-81H2,1-5H3/b10-8-,11-9-,16-14-,17-15-,22-20-,23-21-,28-26-,29-27-,34-32-,35-33-,40-38-,43-42-,44-39-,48-46-,51-49-,57-55-,63-61-. The van der Waals surface area contributed by atoms with Crippen molar-refractivity contribution in [2.75, 3.05) is 47.5 Å². The normalized spacial score (nSPS) is 14.3. The number of ether oxygens (including phenoxy) is 2. The predicted octanol–water partition coefficient (Wildman–Crippen LogP) is 24.0. The van der Waals surface area contributed by atoms with Crippen LogP contribution in [-0.2, 0) is 32.7 Å². The van der Waals surface area contributed by atoms with Gasteiger partial charge in [0.15, 0.2) is 6.10 Å². The van der Waals surface area contributed by atoms with Crippen LogP contribution in [0.2, 0.25) is 0 Å². The van der Waals surface area contributed by atoms with Gasteiger partial charge in [-0.1, -0.05) is 304 Å². The maximum Gasteiger partial charge on any atom is 0.306 e. The van der Waals surface area contributed by atoms with Crippen LogP contribution in [0.4, 0.5) is 0 Å². The highest BCUT2D eigenvalue weighted by atomic mass is 31.2. The van der Waals surface area contributed by atoms with Crippen molar-refractivity contribution in [1.29, 1.82) is 0 Å². The lowest BCUT2D eigenvalue weighted by molar-refractivity contribution is -0.870. The van der Waals surface area contributed by atoms with Crippen molar-refractivity contribution in [3.63, 3.8) is 0 Å². The molecule has 0 heterocycles. The second-order valence-corrected chi connectivity index (χ2v) is 26.2. The largest absolute Gasteiger partial charge is 0.756 e. The van der Waals surface area contributed by atoms with E-state index in [4.69, 9.17) is 18.5 Å². The number of hydrogen-bond donors (Lipinski definition) is 0. The molecular weight excluding hydrogens is 1180 g/mol. The van der Waals surface area contributed by atoms with Crippen molar-refractivity contribution in [3.05, 3.63) is 207 Å². The van der Waals surface area contributed by atoms with E-state index in [0.717, 1.165) is 167 Å². The lowest BCUT2D eigenvalue weighted by atomic mass is 10.0. The van der Waals surface area contributed by atoms with Gasteiger partial charge in [0.25, 0.3) is 7.82 Å². The van der Waals surface area contributed by atoms with Crippen LogP contribution >= 0.6 is 7.82 Å². The summed E-state index contributed by atoms with van der Waals surface area (Å²) in [4.78, 5) is 38.1. The number of hydrogen-bond acceptors (Lipinski definition) is 8. The first-order chi connectivity index (χ1) is 46.0. The minimum Gasteiger partial charge on any atom is -0.756 e. The number of unbranched alkanes of at least 4 members (excludes halogenated alkanes) is 17. The molecule has 0 rings (SSSR count). The van der Waals surface area contributed by atoms with Gasteiger partial charge in [0, 0.05) is 12.8 Å². The predicted molar refractivity (Wildman–Crippen MR) is 405 cm³/mol. The van der Waals surface area contributed by atoms with Crippen LogP contribution in [0, 0.1) is 0 Å². The van der Waals surface area contributed by atoms with Crippen LogP contribution in [0.15, 0.2) is 207 Å². The van der Waals surface area contributed by atoms with Crippen molar-refractivity contribution in [3.8, 4) is 0 Å². The highest BCUT2D eigenvalue weighted by Crippen LogP contribution is 2.38. The molecule has 2 unspecified atom stereocenters. The zero-order valence-corrected chi connectivity index (χ0v) is 61.0. The molecule has 0 spiro atoms. The molecule has 0 saturated carbocycles. The lowest BCUT2D eigenvalue weighted by Crippen LogP contribution is -2.37. The second-order valence-electron chi connectivity index (χ2n) is 24.8. The van der Waals surface area contributed by atoms with Gasteiger partial charge in [0.2, 0.25) is 0 Å². The van der Waals surface area contributed by atoms with Gasteiger partial charge in [0.05, 0.1) is 27.7 Å². The summed E-state index contributed by atoms with van der Waals surface area (Å²) in [5, 5.41) is 0. The molecular formula is C84H134NO8P. The third kappa shape index (κ3) is 75.6. The average molecular weight is 1320 g/mol. The summed E-state index contributed by atoms with van der Waals surface area (Å²) < 4.78 is 34.3. The quantitative estimate of drug-likeness (QED) is 0.0195. The van der Waals surface area contributed by atoms with Crippen LogP contribution in [0.25, 0.3) is 0 Å². The minimum absolute atomic E-state index is 0.0462. The summed E-state index contributed by atoms with van der Waals surface area (Å²) in [6.45, 7) is 3.97. The molecule has 94 heavy (non-hydrogen) atoms. The van der Waals surface area contributed by atoms with E-state index in [1.807, 2.05) is 21.1 Å². The van der Waals surface area contributed by atoms with Crippen LogP contribution in [0.3, 0.4) is 0 Å². The summed E-state index contributed by atoms with van der Waals surface area (Å²) in [6, 6.07) is 0. The van der Waals surface area contributed by atoms with Crippen LogP contribution < -0.4 is 4.89 Å². The van der Waals surface area contributed by atoms with Gasteiger partial charge in [-0.25, -0.2) is 0 Å². The van der Waals surface area contributed by atoms with Gasteiger partial charge < -0.3 is 27.9 Å². The molecule has 9 nitrogen and oxygen atoms in total. The molecule has 0 aromatic heterocycles. The first-order valence-electron chi connectivity index (χ1n) is 36.8. The van der Waals surface area contributed by atoms with E-state index in [1.54, 1.807) is 0 Å². The Hall–Kier alpha value is -5.41. The molecule has 0 aliphatic heterocycles. The SMILES string of the molecule is CC/C=C\C/C=C\C/C=C\C/C=C\C/C=C\C/C=C\C/C=C\C/C=C\C/C=C\CCCCCCCC(=O)OC(COC(=O)CCCCCCCCCCCCCC/C=C\C/C=C\C/C=C\C/C=C\C/C=C\C/C=C\C/C=C\C/C=C\CC)COP(=O)([O-])OCC[N+](C)(C)C. The number of esters is 2.